The van der Waals surface area contributed by atoms with E-state index in [9.17, 15) is 31.1 Å². The molecule has 36 heavy (non-hydrogen) atoms. The SMILES string of the molecule is C[C@@H](COCc1nc2n(n1)CCN(c1ncc(C(F)(F)F)cn1)C2)Nc1cn[nH]c(=O)c1C(F)(F)F. The Morgan fingerprint density at radius 3 is 2.50 bits per heavy atom. The Bertz CT molecular complexity index is 1260. The Kier molecular flexibility index (Phi) is 6.83. The van der Waals surface area contributed by atoms with Gasteiger partial charge in [0.1, 0.15) is 18.0 Å². The Hall–Kier alpha value is -3.76. The van der Waals surface area contributed by atoms with Crippen molar-refractivity contribution < 1.29 is 31.1 Å². The Balaban J connectivity index is 1.32. The number of fused-ring (bicyclic) bond motifs is 1. The number of nitrogens with one attached hydrogen (secondary N) is 2. The molecular weight excluding hydrogens is 500 g/mol. The minimum atomic E-state index is -4.86. The van der Waals surface area contributed by atoms with Gasteiger partial charge in [0.2, 0.25) is 5.95 Å². The van der Waals surface area contributed by atoms with Crippen LogP contribution >= 0.6 is 0 Å². The molecule has 0 aliphatic carbocycles. The van der Waals surface area contributed by atoms with Crippen LogP contribution in [0.25, 0.3) is 0 Å². The van der Waals surface area contributed by atoms with Crippen LogP contribution in [0.4, 0.5) is 38.0 Å². The fourth-order valence-electron chi connectivity index (χ4n) is 3.47. The van der Waals surface area contributed by atoms with Crippen LogP contribution in [0.15, 0.2) is 23.4 Å². The van der Waals surface area contributed by atoms with E-state index in [1.54, 1.807) is 21.6 Å². The van der Waals surface area contributed by atoms with Crippen LogP contribution in [-0.4, -0.2) is 54.1 Å². The molecule has 0 aromatic carbocycles. The first kappa shape index (κ1) is 25.3. The van der Waals surface area contributed by atoms with Crippen molar-refractivity contribution in [2.45, 2.75) is 45.0 Å². The van der Waals surface area contributed by atoms with Gasteiger partial charge in [-0.1, -0.05) is 0 Å². The highest BCUT2D eigenvalue weighted by atomic mass is 19.4. The molecule has 4 heterocycles. The summed E-state index contributed by atoms with van der Waals surface area (Å²) < 4.78 is 84.7. The zero-order valence-electron chi connectivity index (χ0n) is 18.6. The zero-order valence-corrected chi connectivity index (χ0v) is 18.6. The topological polar surface area (TPSA) is 127 Å². The maximum Gasteiger partial charge on any atom is 0.423 e. The second-order valence-electron chi connectivity index (χ2n) is 7.90. The lowest BCUT2D eigenvalue weighted by Crippen LogP contribution is -2.35. The molecule has 3 aromatic rings. The van der Waals surface area contributed by atoms with Gasteiger partial charge in [-0.25, -0.2) is 24.7 Å². The molecule has 0 radical (unpaired) electrons. The van der Waals surface area contributed by atoms with Crippen molar-refractivity contribution in [3.63, 3.8) is 0 Å². The van der Waals surface area contributed by atoms with Crippen LogP contribution in [0, 0.1) is 0 Å². The number of nitrogens with zero attached hydrogens (tertiary/aromatic N) is 7. The molecule has 0 fully saturated rings. The van der Waals surface area contributed by atoms with E-state index in [0.717, 1.165) is 18.6 Å². The van der Waals surface area contributed by atoms with Crippen LogP contribution in [0.1, 0.15) is 29.7 Å². The van der Waals surface area contributed by atoms with Crippen LogP contribution in [0.2, 0.25) is 0 Å². The lowest BCUT2D eigenvalue weighted by atomic mass is 10.2. The number of alkyl halides is 6. The Labute approximate surface area is 198 Å². The summed E-state index contributed by atoms with van der Waals surface area (Å²) in [5.74, 6) is 0.975. The molecule has 0 unspecified atom stereocenters. The molecule has 194 valence electrons. The molecule has 0 amide bonds. The summed E-state index contributed by atoms with van der Waals surface area (Å²) in [5.41, 5.74) is -4.15. The summed E-state index contributed by atoms with van der Waals surface area (Å²) in [4.78, 5) is 25.1. The average Bonchev–Trinajstić information content (AvgIpc) is 3.19. The van der Waals surface area contributed by atoms with Gasteiger partial charge in [-0.2, -0.15) is 36.5 Å². The van der Waals surface area contributed by atoms with Gasteiger partial charge in [-0.15, -0.1) is 0 Å². The molecule has 17 heteroatoms. The maximum atomic E-state index is 13.2. The quantitative estimate of drug-likeness (QED) is 0.452. The van der Waals surface area contributed by atoms with Gasteiger partial charge < -0.3 is 15.0 Å². The summed E-state index contributed by atoms with van der Waals surface area (Å²) in [5, 5.41) is 12.0. The molecule has 1 aliphatic heterocycles. The molecule has 11 nitrogen and oxygen atoms in total. The molecule has 0 saturated carbocycles. The van der Waals surface area contributed by atoms with Gasteiger partial charge in [0, 0.05) is 25.0 Å². The van der Waals surface area contributed by atoms with Gasteiger partial charge in [0.05, 0.1) is 37.1 Å². The summed E-state index contributed by atoms with van der Waals surface area (Å²) >= 11 is 0. The number of H-pyrrole nitrogens is 1. The van der Waals surface area contributed by atoms with Crippen LogP contribution in [0.3, 0.4) is 0 Å². The highest BCUT2D eigenvalue weighted by molar-refractivity contribution is 5.50. The minimum Gasteiger partial charge on any atom is -0.378 e. The third kappa shape index (κ3) is 5.72. The van der Waals surface area contributed by atoms with Crippen molar-refractivity contribution in [1.82, 2.24) is 34.9 Å². The highest BCUT2D eigenvalue weighted by Gasteiger charge is 2.37. The van der Waals surface area contributed by atoms with Crippen molar-refractivity contribution in [1.29, 1.82) is 0 Å². The first-order valence-electron chi connectivity index (χ1n) is 10.5. The number of aromatic nitrogens is 7. The predicted molar refractivity (Wildman–Crippen MR) is 111 cm³/mol. The zero-order chi connectivity index (χ0) is 26.1. The number of ether oxygens (including phenoxy) is 1. The molecule has 3 aromatic heterocycles. The molecule has 2 N–H and O–H groups in total. The fraction of sp³-hybridized carbons (Fsp3) is 0.474. The molecular formula is C19H19F6N9O2. The molecule has 0 bridgehead atoms. The van der Waals surface area contributed by atoms with E-state index in [2.05, 4.69) is 30.5 Å². The van der Waals surface area contributed by atoms with E-state index < -0.39 is 40.8 Å². The summed E-state index contributed by atoms with van der Waals surface area (Å²) in [6, 6.07) is -0.612. The number of anilines is 2. The third-order valence-corrected chi connectivity index (χ3v) is 5.10. The van der Waals surface area contributed by atoms with Crippen molar-refractivity contribution in [2.24, 2.45) is 0 Å². The first-order chi connectivity index (χ1) is 16.9. The van der Waals surface area contributed by atoms with E-state index >= 15 is 0 Å². The normalized spacial score (nSPS) is 15.0. The Morgan fingerprint density at radius 1 is 1.11 bits per heavy atom. The van der Waals surface area contributed by atoms with Gasteiger partial charge in [0.25, 0.3) is 5.56 Å². The fourth-order valence-corrected chi connectivity index (χ4v) is 3.47. The number of rotatable bonds is 7. The smallest absolute Gasteiger partial charge is 0.378 e. The molecule has 1 atom stereocenters. The first-order valence-corrected chi connectivity index (χ1v) is 10.5. The number of hydrogen-bond acceptors (Lipinski definition) is 9. The van der Waals surface area contributed by atoms with Crippen LogP contribution < -0.4 is 15.8 Å². The van der Waals surface area contributed by atoms with Gasteiger partial charge in [0.15, 0.2) is 5.82 Å². The number of aromatic amines is 1. The van der Waals surface area contributed by atoms with Crippen LogP contribution in [0.5, 0.6) is 0 Å². The monoisotopic (exact) mass is 519 g/mol. The maximum absolute atomic E-state index is 13.2. The molecule has 0 saturated heterocycles. The second kappa shape index (κ2) is 9.71. The highest BCUT2D eigenvalue weighted by Crippen LogP contribution is 2.31. The molecule has 0 spiro atoms. The summed E-state index contributed by atoms with van der Waals surface area (Å²) in [6.07, 6.45) is -7.08. The largest absolute Gasteiger partial charge is 0.423 e. The van der Waals surface area contributed by atoms with Gasteiger partial charge in [-0.3, -0.25) is 4.79 Å². The average molecular weight is 519 g/mol. The van der Waals surface area contributed by atoms with E-state index in [0.29, 0.717) is 24.7 Å². The van der Waals surface area contributed by atoms with Crippen LogP contribution in [-0.2, 0) is 36.8 Å². The second-order valence-corrected chi connectivity index (χ2v) is 7.90. The number of halogens is 6. The molecule has 4 rings (SSSR count). The standard InChI is InChI=1S/C19H19F6N9O2/c1-10(29-12-6-28-31-16(35)15(12)19(23,24)25)8-36-9-13-30-14-7-33(2-3-34(14)32-13)17-26-4-11(5-27-17)18(20,21)22/h4-6,10H,2-3,7-9H2,1H3,(H2,29,31,35)/t10-/m0/s1. The van der Waals surface area contributed by atoms with E-state index in [-0.39, 0.29) is 25.7 Å². The summed E-state index contributed by atoms with van der Waals surface area (Å²) in [7, 11) is 0. The van der Waals surface area contributed by atoms with E-state index in [1.807, 2.05) is 0 Å². The van der Waals surface area contributed by atoms with Crippen molar-refractivity contribution in [3.8, 4) is 0 Å². The Morgan fingerprint density at radius 2 is 1.83 bits per heavy atom. The van der Waals surface area contributed by atoms with Crippen molar-refractivity contribution in [2.75, 3.05) is 23.4 Å². The minimum absolute atomic E-state index is 0.0283. The predicted octanol–water partition coefficient (Wildman–Crippen LogP) is 2.23. The van der Waals surface area contributed by atoms with E-state index in [4.69, 9.17) is 4.74 Å². The third-order valence-electron chi connectivity index (χ3n) is 5.10. The van der Waals surface area contributed by atoms with E-state index in [1.165, 1.54) is 0 Å². The van der Waals surface area contributed by atoms with Gasteiger partial charge in [-0.05, 0) is 6.92 Å². The van der Waals surface area contributed by atoms with Gasteiger partial charge >= 0.3 is 12.4 Å². The molecule has 1 aliphatic rings. The van der Waals surface area contributed by atoms with Crippen molar-refractivity contribution >= 4 is 11.6 Å². The lowest BCUT2D eigenvalue weighted by molar-refractivity contribution is -0.139. The van der Waals surface area contributed by atoms with Crippen molar-refractivity contribution in [3.05, 3.63) is 51.7 Å². The number of hydrogen-bond donors (Lipinski definition) is 2. The lowest BCUT2D eigenvalue weighted by Gasteiger charge is -2.26. The summed E-state index contributed by atoms with van der Waals surface area (Å²) in [6.45, 7) is 2.50.